The average Bonchev–Trinajstić information content (AvgIpc) is 2.09. The van der Waals surface area contributed by atoms with Crippen LogP contribution in [0.25, 0.3) is 0 Å². The molecule has 0 aliphatic heterocycles. The second-order valence-corrected chi connectivity index (χ2v) is 3.30. The normalized spacial score (nSPS) is 12.5. The topological polar surface area (TPSA) is 24.9 Å². The third kappa shape index (κ3) is 2.16. The number of pyridine rings is 1. The van der Waals surface area contributed by atoms with Gasteiger partial charge in [-0.05, 0) is 38.1 Å². The van der Waals surface area contributed by atoms with E-state index in [2.05, 4.69) is 23.8 Å². The van der Waals surface area contributed by atoms with E-state index in [1.165, 1.54) is 11.1 Å². The van der Waals surface area contributed by atoms with Gasteiger partial charge in [-0.1, -0.05) is 12.2 Å². The summed E-state index contributed by atoms with van der Waals surface area (Å²) in [4.78, 5) is 4.06. The molecule has 1 atom stereocenters. The molecule has 0 fully saturated rings. The molecule has 0 saturated heterocycles. The molecule has 13 heavy (non-hydrogen) atoms. The van der Waals surface area contributed by atoms with Crippen LogP contribution in [0.4, 0.5) is 0 Å². The molecule has 1 rings (SSSR count). The Labute approximate surface area is 79.7 Å². The van der Waals surface area contributed by atoms with Gasteiger partial charge in [0, 0.05) is 12.4 Å². The van der Waals surface area contributed by atoms with E-state index in [1.54, 1.807) is 0 Å². The second kappa shape index (κ2) is 4.19. The molecule has 0 radical (unpaired) electrons. The molecule has 1 aromatic rings. The van der Waals surface area contributed by atoms with Crippen molar-refractivity contribution in [3.05, 3.63) is 41.7 Å². The van der Waals surface area contributed by atoms with Crippen molar-refractivity contribution in [2.45, 2.75) is 19.9 Å². The minimum Gasteiger partial charge on any atom is -0.310 e. The lowest BCUT2D eigenvalue weighted by molar-refractivity contribution is 0.674. The van der Waals surface area contributed by atoms with Gasteiger partial charge in [0.25, 0.3) is 0 Å². The summed E-state index contributed by atoms with van der Waals surface area (Å²) in [6, 6.07) is 2.27. The van der Waals surface area contributed by atoms with Gasteiger partial charge in [-0.3, -0.25) is 4.98 Å². The van der Waals surface area contributed by atoms with Crippen LogP contribution < -0.4 is 5.32 Å². The van der Waals surface area contributed by atoms with Crippen LogP contribution in [0.3, 0.4) is 0 Å². The average molecular weight is 176 g/mol. The predicted octanol–water partition coefficient (Wildman–Crippen LogP) is 2.23. The van der Waals surface area contributed by atoms with Crippen LogP contribution in [0.2, 0.25) is 0 Å². The van der Waals surface area contributed by atoms with Gasteiger partial charge in [-0.25, -0.2) is 0 Å². The summed E-state index contributed by atoms with van der Waals surface area (Å²) in [7, 11) is 1.94. The Hall–Kier alpha value is -1.15. The van der Waals surface area contributed by atoms with Crippen molar-refractivity contribution < 1.29 is 0 Å². The fourth-order valence-corrected chi connectivity index (χ4v) is 1.48. The van der Waals surface area contributed by atoms with Crippen molar-refractivity contribution >= 4 is 0 Å². The number of nitrogens with zero attached hydrogens (tertiary/aromatic N) is 1. The molecular weight excluding hydrogens is 160 g/mol. The molecule has 0 saturated carbocycles. The largest absolute Gasteiger partial charge is 0.310 e. The van der Waals surface area contributed by atoms with Gasteiger partial charge in [0.2, 0.25) is 0 Å². The van der Waals surface area contributed by atoms with Gasteiger partial charge < -0.3 is 5.32 Å². The number of nitrogens with one attached hydrogen (secondary N) is 1. The number of hydrogen-bond acceptors (Lipinski definition) is 2. The highest BCUT2D eigenvalue weighted by Crippen LogP contribution is 2.21. The second-order valence-electron chi connectivity index (χ2n) is 3.30. The quantitative estimate of drug-likeness (QED) is 0.714. The van der Waals surface area contributed by atoms with E-state index in [0.29, 0.717) is 0 Å². The highest BCUT2D eigenvalue weighted by atomic mass is 14.9. The summed E-state index contributed by atoms with van der Waals surface area (Å²) >= 11 is 0. The Morgan fingerprint density at radius 3 is 2.77 bits per heavy atom. The summed E-state index contributed by atoms with van der Waals surface area (Å²) in [6.45, 7) is 8.05. The van der Waals surface area contributed by atoms with Crippen LogP contribution >= 0.6 is 0 Å². The van der Waals surface area contributed by atoms with Crippen LogP contribution in [-0.4, -0.2) is 12.0 Å². The van der Waals surface area contributed by atoms with Crippen molar-refractivity contribution in [3.63, 3.8) is 0 Å². The van der Waals surface area contributed by atoms with Crippen LogP contribution in [0.5, 0.6) is 0 Å². The monoisotopic (exact) mass is 176 g/mol. The summed E-state index contributed by atoms with van der Waals surface area (Å²) in [5.74, 6) is 0. The fourth-order valence-electron chi connectivity index (χ4n) is 1.48. The van der Waals surface area contributed by atoms with Crippen molar-refractivity contribution in [1.29, 1.82) is 0 Å². The predicted molar refractivity (Wildman–Crippen MR) is 55.6 cm³/mol. The molecule has 1 heterocycles. The van der Waals surface area contributed by atoms with E-state index in [1.807, 2.05) is 32.4 Å². The zero-order valence-electron chi connectivity index (χ0n) is 8.46. The number of hydrogen-bond donors (Lipinski definition) is 1. The maximum absolute atomic E-state index is 4.06. The number of likely N-dealkylation sites (N-methyl/N-ethyl adjacent to an activating group) is 1. The summed E-state index contributed by atoms with van der Waals surface area (Å²) in [6.07, 6.45) is 3.69. The lowest BCUT2D eigenvalue weighted by Crippen LogP contribution is -2.18. The van der Waals surface area contributed by atoms with E-state index < -0.39 is 0 Å². The van der Waals surface area contributed by atoms with E-state index in [9.17, 15) is 0 Å². The SMILES string of the molecule is C=C(C)C(NC)c1ccncc1C. The zero-order valence-corrected chi connectivity index (χ0v) is 8.46. The zero-order chi connectivity index (χ0) is 9.84. The summed E-state index contributed by atoms with van der Waals surface area (Å²) < 4.78 is 0. The van der Waals surface area contributed by atoms with Gasteiger partial charge >= 0.3 is 0 Å². The van der Waals surface area contributed by atoms with Crippen molar-refractivity contribution in [2.75, 3.05) is 7.05 Å². The standard InChI is InChI=1S/C11H16N2/c1-8(2)11(12-4)10-5-6-13-7-9(10)3/h5-7,11-12H,1H2,2-4H3. The Morgan fingerprint density at radius 2 is 2.31 bits per heavy atom. The highest BCUT2D eigenvalue weighted by molar-refractivity contribution is 5.30. The molecule has 1 unspecified atom stereocenters. The maximum Gasteiger partial charge on any atom is 0.0532 e. The molecular formula is C11H16N2. The molecule has 1 aromatic heterocycles. The maximum atomic E-state index is 4.06. The molecule has 0 aliphatic rings. The number of aryl methyl sites for hydroxylation is 1. The number of rotatable bonds is 3. The number of aromatic nitrogens is 1. The minimum absolute atomic E-state index is 0.239. The van der Waals surface area contributed by atoms with Gasteiger partial charge in [0.15, 0.2) is 0 Å². The van der Waals surface area contributed by atoms with Crippen molar-refractivity contribution in [1.82, 2.24) is 10.3 Å². The van der Waals surface area contributed by atoms with Gasteiger partial charge in [-0.15, -0.1) is 0 Å². The first-order valence-electron chi connectivity index (χ1n) is 4.40. The van der Waals surface area contributed by atoms with Crippen molar-refractivity contribution in [2.24, 2.45) is 0 Å². The molecule has 70 valence electrons. The fraction of sp³-hybridized carbons (Fsp3) is 0.364. The molecule has 0 bridgehead atoms. The minimum atomic E-state index is 0.239. The van der Waals surface area contributed by atoms with E-state index in [-0.39, 0.29) is 6.04 Å². The first-order chi connectivity index (χ1) is 6.16. The molecule has 0 spiro atoms. The van der Waals surface area contributed by atoms with Gasteiger partial charge in [0.1, 0.15) is 0 Å². The van der Waals surface area contributed by atoms with Crippen LogP contribution in [0.1, 0.15) is 24.1 Å². The molecule has 0 aromatic carbocycles. The smallest absolute Gasteiger partial charge is 0.0532 e. The molecule has 1 N–H and O–H groups in total. The van der Waals surface area contributed by atoms with Crippen LogP contribution in [-0.2, 0) is 0 Å². The molecule has 2 heteroatoms. The van der Waals surface area contributed by atoms with Crippen LogP contribution in [0, 0.1) is 6.92 Å². The van der Waals surface area contributed by atoms with E-state index >= 15 is 0 Å². The van der Waals surface area contributed by atoms with Gasteiger partial charge in [0.05, 0.1) is 6.04 Å². The molecule has 0 aliphatic carbocycles. The third-order valence-electron chi connectivity index (χ3n) is 2.16. The Morgan fingerprint density at radius 1 is 1.62 bits per heavy atom. The van der Waals surface area contributed by atoms with Crippen LogP contribution in [0.15, 0.2) is 30.6 Å². The molecule has 2 nitrogen and oxygen atoms in total. The molecule has 0 amide bonds. The highest BCUT2D eigenvalue weighted by Gasteiger charge is 2.11. The lowest BCUT2D eigenvalue weighted by Gasteiger charge is -2.18. The third-order valence-corrected chi connectivity index (χ3v) is 2.16. The summed E-state index contributed by atoms with van der Waals surface area (Å²) in [5, 5.41) is 3.23. The van der Waals surface area contributed by atoms with Crippen molar-refractivity contribution in [3.8, 4) is 0 Å². The Kier molecular flexibility index (Phi) is 3.20. The summed E-state index contributed by atoms with van der Waals surface area (Å²) in [5.41, 5.74) is 3.58. The van der Waals surface area contributed by atoms with E-state index in [4.69, 9.17) is 0 Å². The first-order valence-corrected chi connectivity index (χ1v) is 4.40. The lowest BCUT2D eigenvalue weighted by atomic mass is 9.99. The van der Waals surface area contributed by atoms with E-state index in [0.717, 1.165) is 5.57 Å². The van der Waals surface area contributed by atoms with Gasteiger partial charge in [-0.2, -0.15) is 0 Å². The first kappa shape index (κ1) is 9.93. The Bertz CT molecular complexity index is 305. The Balaban J connectivity index is 3.04.